The summed E-state index contributed by atoms with van der Waals surface area (Å²) in [6, 6.07) is 12.4. The summed E-state index contributed by atoms with van der Waals surface area (Å²) in [5.74, 6) is 0.836. The normalized spacial score (nSPS) is 16.6. The summed E-state index contributed by atoms with van der Waals surface area (Å²) in [7, 11) is -3.69. The van der Waals surface area contributed by atoms with E-state index < -0.39 is 10.0 Å². The van der Waals surface area contributed by atoms with Crippen molar-refractivity contribution in [3.63, 3.8) is 0 Å². The maximum Gasteiger partial charge on any atom is 0.246 e. The van der Waals surface area contributed by atoms with Crippen LogP contribution in [0.4, 0.5) is 0 Å². The van der Waals surface area contributed by atoms with Gasteiger partial charge in [0.1, 0.15) is 13.2 Å². The zero-order chi connectivity index (χ0) is 23.5. The Hall–Kier alpha value is -3.63. The van der Waals surface area contributed by atoms with E-state index >= 15 is 0 Å². The van der Waals surface area contributed by atoms with Crippen LogP contribution in [-0.2, 0) is 14.8 Å². The molecule has 3 aromatic rings. The van der Waals surface area contributed by atoms with Crippen LogP contribution in [0.2, 0.25) is 0 Å². The van der Waals surface area contributed by atoms with E-state index in [1.54, 1.807) is 29.6 Å². The number of benzene rings is 2. The van der Waals surface area contributed by atoms with Gasteiger partial charge in [0.2, 0.25) is 15.9 Å². The first-order chi connectivity index (χ1) is 16.5. The molecular weight excluding hydrogens is 456 g/mol. The number of sulfonamides is 1. The standard InChI is InChI=1S/C24H24N4O5S/c29-24(8-3-19-1-4-20(5-2-19)27-10-9-25-18-27)26-11-13-28(14-12-26)34(30,31)21-6-7-22-23(17-21)33-16-15-32-22/h1-10,17-18H,11-16H2. The lowest BCUT2D eigenvalue weighted by Gasteiger charge is -2.33. The number of hydrogen-bond acceptors (Lipinski definition) is 6. The van der Waals surface area contributed by atoms with E-state index in [-0.39, 0.29) is 23.9 Å². The van der Waals surface area contributed by atoms with E-state index in [2.05, 4.69) is 4.98 Å². The van der Waals surface area contributed by atoms with Crippen molar-refractivity contribution < 1.29 is 22.7 Å². The van der Waals surface area contributed by atoms with Crippen molar-refractivity contribution in [2.75, 3.05) is 39.4 Å². The largest absolute Gasteiger partial charge is 0.486 e. The first kappa shape index (κ1) is 22.2. The zero-order valence-electron chi connectivity index (χ0n) is 18.4. The Morgan fingerprint density at radius 3 is 2.38 bits per heavy atom. The lowest BCUT2D eigenvalue weighted by molar-refractivity contribution is -0.127. The highest BCUT2D eigenvalue weighted by molar-refractivity contribution is 7.89. The molecule has 0 bridgehead atoms. The fraction of sp³-hybridized carbons (Fsp3) is 0.250. The molecule has 34 heavy (non-hydrogen) atoms. The SMILES string of the molecule is O=C(C=Cc1ccc(-n2ccnc2)cc1)N1CCN(S(=O)(=O)c2ccc3c(c2)OCCO3)CC1. The fourth-order valence-corrected chi connectivity index (χ4v) is 5.36. The van der Waals surface area contributed by atoms with Crippen molar-refractivity contribution in [2.24, 2.45) is 0 Å². The number of carbonyl (C=O) groups excluding carboxylic acids is 1. The van der Waals surface area contributed by atoms with Crippen molar-refractivity contribution in [2.45, 2.75) is 4.90 Å². The van der Waals surface area contributed by atoms with Crippen LogP contribution in [0.25, 0.3) is 11.8 Å². The van der Waals surface area contributed by atoms with Crippen LogP contribution in [0.5, 0.6) is 11.5 Å². The molecule has 0 saturated carbocycles. The maximum atomic E-state index is 13.1. The molecule has 1 aromatic heterocycles. The molecule has 5 rings (SSSR count). The third-order valence-corrected chi connectivity index (χ3v) is 7.71. The highest BCUT2D eigenvalue weighted by Crippen LogP contribution is 2.33. The van der Waals surface area contributed by atoms with Crippen molar-refractivity contribution in [3.8, 4) is 17.2 Å². The molecular formula is C24H24N4O5S. The second-order valence-electron chi connectivity index (χ2n) is 7.93. The Labute approximate surface area is 197 Å². The van der Waals surface area contributed by atoms with Gasteiger partial charge in [-0.3, -0.25) is 4.79 Å². The molecule has 1 saturated heterocycles. The molecule has 2 aliphatic rings. The molecule has 1 fully saturated rings. The summed E-state index contributed by atoms with van der Waals surface area (Å²) in [6.45, 7) is 1.95. The number of imidazole rings is 1. The Morgan fingerprint density at radius 1 is 0.941 bits per heavy atom. The summed E-state index contributed by atoms with van der Waals surface area (Å²) in [5, 5.41) is 0. The van der Waals surface area contributed by atoms with Gasteiger partial charge in [0.15, 0.2) is 11.5 Å². The predicted molar refractivity (Wildman–Crippen MR) is 125 cm³/mol. The summed E-state index contributed by atoms with van der Waals surface area (Å²) in [5.41, 5.74) is 1.88. The van der Waals surface area contributed by atoms with E-state index in [9.17, 15) is 13.2 Å². The molecule has 0 radical (unpaired) electrons. The minimum Gasteiger partial charge on any atom is -0.486 e. The predicted octanol–water partition coefficient (Wildman–Crippen LogP) is 2.19. The van der Waals surface area contributed by atoms with Gasteiger partial charge in [0, 0.05) is 56.4 Å². The Bertz CT molecular complexity index is 1300. The van der Waals surface area contributed by atoms with E-state index in [4.69, 9.17) is 9.47 Å². The van der Waals surface area contributed by atoms with Gasteiger partial charge in [-0.1, -0.05) is 12.1 Å². The minimum atomic E-state index is -3.69. The van der Waals surface area contributed by atoms with Gasteiger partial charge in [0.25, 0.3) is 0 Å². The maximum absolute atomic E-state index is 13.1. The number of ether oxygens (including phenoxy) is 2. The number of hydrogen-bond donors (Lipinski definition) is 0. The van der Waals surface area contributed by atoms with E-state index in [1.807, 2.05) is 35.0 Å². The smallest absolute Gasteiger partial charge is 0.246 e. The first-order valence-electron chi connectivity index (χ1n) is 11.0. The molecule has 1 amide bonds. The number of nitrogens with zero attached hydrogens (tertiary/aromatic N) is 4. The quantitative estimate of drug-likeness (QED) is 0.520. The summed E-state index contributed by atoms with van der Waals surface area (Å²) in [4.78, 5) is 18.5. The van der Waals surface area contributed by atoms with Crippen LogP contribution < -0.4 is 9.47 Å². The molecule has 0 atom stereocenters. The number of aromatic nitrogens is 2. The molecule has 0 aliphatic carbocycles. The van der Waals surface area contributed by atoms with Crippen LogP contribution in [0.15, 0.2) is 72.2 Å². The van der Waals surface area contributed by atoms with Gasteiger partial charge in [-0.2, -0.15) is 4.31 Å². The average Bonchev–Trinajstić information content (AvgIpc) is 3.42. The topological polar surface area (TPSA) is 94.0 Å². The monoisotopic (exact) mass is 480 g/mol. The second-order valence-corrected chi connectivity index (χ2v) is 9.87. The van der Waals surface area contributed by atoms with Crippen molar-refractivity contribution >= 4 is 22.0 Å². The molecule has 3 heterocycles. The Kier molecular flexibility index (Phi) is 6.08. The average molecular weight is 481 g/mol. The van der Waals surface area contributed by atoms with Crippen molar-refractivity contribution in [3.05, 3.63) is 72.8 Å². The molecule has 10 heteroatoms. The van der Waals surface area contributed by atoms with Gasteiger partial charge in [-0.25, -0.2) is 13.4 Å². The lowest BCUT2D eigenvalue weighted by atomic mass is 10.2. The molecule has 176 valence electrons. The van der Waals surface area contributed by atoms with Crippen LogP contribution >= 0.6 is 0 Å². The molecule has 0 unspecified atom stereocenters. The highest BCUT2D eigenvalue weighted by Gasteiger charge is 2.30. The molecule has 0 spiro atoms. The van der Waals surface area contributed by atoms with Crippen LogP contribution in [-0.4, -0.2) is 72.5 Å². The number of fused-ring (bicyclic) bond motifs is 1. The van der Waals surface area contributed by atoms with E-state index in [0.29, 0.717) is 37.8 Å². The summed E-state index contributed by atoms with van der Waals surface area (Å²) >= 11 is 0. The molecule has 2 aliphatic heterocycles. The lowest BCUT2D eigenvalue weighted by Crippen LogP contribution is -2.50. The number of amides is 1. The number of piperazine rings is 1. The minimum absolute atomic E-state index is 0.143. The third-order valence-electron chi connectivity index (χ3n) is 5.82. The number of rotatable bonds is 5. The first-order valence-corrected chi connectivity index (χ1v) is 12.4. The fourth-order valence-electron chi connectivity index (χ4n) is 3.92. The zero-order valence-corrected chi connectivity index (χ0v) is 19.2. The van der Waals surface area contributed by atoms with Crippen LogP contribution in [0.3, 0.4) is 0 Å². The van der Waals surface area contributed by atoms with Crippen LogP contribution in [0, 0.1) is 0 Å². The van der Waals surface area contributed by atoms with Gasteiger partial charge >= 0.3 is 0 Å². The van der Waals surface area contributed by atoms with Gasteiger partial charge in [-0.05, 0) is 35.9 Å². The van der Waals surface area contributed by atoms with Crippen LogP contribution in [0.1, 0.15) is 5.56 Å². The van der Waals surface area contributed by atoms with Crippen molar-refractivity contribution in [1.82, 2.24) is 18.8 Å². The molecule has 9 nitrogen and oxygen atoms in total. The summed E-state index contributed by atoms with van der Waals surface area (Å²) < 4.78 is 40.4. The summed E-state index contributed by atoms with van der Waals surface area (Å²) in [6.07, 6.45) is 8.59. The van der Waals surface area contributed by atoms with Crippen molar-refractivity contribution in [1.29, 1.82) is 0 Å². The van der Waals surface area contributed by atoms with Gasteiger partial charge < -0.3 is 18.9 Å². The second kappa shape index (κ2) is 9.32. The highest BCUT2D eigenvalue weighted by atomic mass is 32.2. The van der Waals surface area contributed by atoms with Gasteiger partial charge in [-0.15, -0.1) is 0 Å². The third kappa shape index (κ3) is 4.55. The van der Waals surface area contributed by atoms with E-state index in [0.717, 1.165) is 11.3 Å². The van der Waals surface area contributed by atoms with Gasteiger partial charge in [0.05, 0.1) is 11.2 Å². The Balaban J connectivity index is 1.19. The Morgan fingerprint density at radius 2 is 1.68 bits per heavy atom. The molecule has 0 N–H and O–H groups in total. The number of carbonyl (C=O) groups is 1. The molecule has 2 aromatic carbocycles. The van der Waals surface area contributed by atoms with E-state index in [1.165, 1.54) is 22.5 Å².